The number of rotatable bonds is 11. The first-order chi connectivity index (χ1) is 16.0. The van der Waals surface area contributed by atoms with Crippen molar-refractivity contribution in [2.75, 3.05) is 13.1 Å². The van der Waals surface area contributed by atoms with Crippen LogP contribution in [0.4, 0.5) is 0 Å². The molecule has 2 aliphatic rings. The van der Waals surface area contributed by atoms with Gasteiger partial charge in [0.15, 0.2) is 5.78 Å². The number of nitrogens with two attached hydrogens (primary N) is 3. The highest BCUT2D eigenvalue weighted by molar-refractivity contribution is 5.94. The van der Waals surface area contributed by atoms with Gasteiger partial charge in [0, 0.05) is 25.0 Å². The zero-order chi connectivity index (χ0) is 25.4. The van der Waals surface area contributed by atoms with Crippen LogP contribution in [0.2, 0.25) is 0 Å². The number of aliphatic hydroxyl groups is 1. The second-order valence-electron chi connectivity index (χ2n) is 9.80. The molecule has 1 aliphatic heterocycles. The highest BCUT2D eigenvalue weighted by Crippen LogP contribution is 2.28. The van der Waals surface area contributed by atoms with Crippen molar-refractivity contribution in [1.82, 2.24) is 15.5 Å². The standard InChI is InChI=1S/C23H42N6O5/c1-13(30)18(8-9-24)27-23(34)21(14(2)31)28-22(33)19-10-16(25)12-29(19)20(32)11-17(26)15-6-4-3-5-7-15/h14-19,21,31H,3-12,24-26H2,1-2H3,(H,27,34)(H,28,33)/t14?,16-,17?,18+,19+,21+/m1/s1. The predicted octanol–water partition coefficient (Wildman–Crippen LogP) is -1.50. The summed E-state index contributed by atoms with van der Waals surface area (Å²) in [7, 11) is 0. The maximum absolute atomic E-state index is 13.1. The van der Waals surface area contributed by atoms with E-state index in [9.17, 15) is 24.3 Å². The Labute approximate surface area is 201 Å². The van der Waals surface area contributed by atoms with E-state index in [0.29, 0.717) is 5.92 Å². The lowest BCUT2D eigenvalue weighted by molar-refractivity contribution is -0.141. The van der Waals surface area contributed by atoms with Gasteiger partial charge in [0.25, 0.3) is 0 Å². The molecule has 0 bridgehead atoms. The van der Waals surface area contributed by atoms with Crippen molar-refractivity contribution >= 4 is 23.5 Å². The number of carbonyl (C=O) groups excluding carboxylic acids is 4. The van der Waals surface area contributed by atoms with E-state index in [-0.39, 0.29) is 56.1 Å². The van der Waals surface area contributed by atoms with E-state index in [1.54, 1.807) is 0 Å². The average molecular weight is 483 g/mol. The van der Waals surface area contributed by atoms with Gasteiger partial charge in [-0.25, -0.2) is 0 Å². The minimum Gasteiger partial charge on any atom is -0.391 e. The fourth-order valence-corrected chi connectivity index (χ4v) is 4.90. The van der Waals surface area contributed by atoms with Gasteiger partial charge >= 0.3 is 0 Å². The number of amides is 3. The molecule has 194 valence electrons. The Balaban J connectivity index is 2.04. The second-order valence-corrected chi connectivity index (χ2v) is 9.80. The minimum absolute atomic E-state index is 0.140. The van der Waals surface area contributed by atoms with Crippen molar-refractivity contribution in [3.05, 3.63) is 0 Å². The van der Waals surface area contributed by atoms with E-state index in [1.165, 1.54) is 25.2 Å². The van der Waals surface area contributed by atoms with Crippen molar-refractivity contribution in [3.63, 3.8) is 0 Å². The quantitative estimate of drug-likeness (QED) is 0.205. The van der Waals surface area contributed by atoms with Gasteiger partial charge in [-0.05, 0) is 52.0 Å². The number of Topliss-reactive ketones (excluding diaryl/α,β-unsaturated/α-hetero) is 1. The van der Waals surface area contributed by atoms with E-state index in [2.05, 4.69) is 10.6 Å². The predicted molar refractivity (Wildman–Crippen MR) is 127 cm³/mol. The second kappa shape index (κ2) is 13.1. The van der Waals surface area contributed by atoms with Gasteiger partial charge in [-0.2, -0.15) is 0 Å². The number of carbonyl (C=O) groups is 4. The zero-order valence-corrected chi connectivity index (χ0v) is 20.4. The van der Waals surface area contributed by atoms with Crippen LogP contribution >= 0.6 is 0 Å². The summed E-state index contributed by atoms with van der Waals surface area (Å²) in [4.78, 5) is 52.0. The van der Waals surface area contributed by atoms with E-state index in [4.69, 9.17) is 17.2 Å². The molecule has 11 nitrogen and oxygen atoms in total. The smallest absolute Gasteiger partial charge is 0.245 e. The topological polar surface area (TPSA) is 194 Å². The highest BCUT2D eigenvalue weighted by atomic mass is 16.3. The summed E-state index contributed by atoms with van der Waals surface area (Å²) in [5.41, 5.74) is 17.9. The van der Waals surface area contributed by atoms with Gasteiger partial charge in [0.2, 0.25) is 17.7 Å². The Bertz CT molecular complexity index is 727. The summed E-state index contributed by atoms with van der Waals surface area (Å²) in [6, 6.07) is -3.62. The van der Waals surface area contributed by atoms with Crippen LogP contribution in [-0.2, 0) is 19.2 Å². The Morgan fingerprint density at radius 3 is 2.32 bits per heavy atom. The van der Waals surface area contributed by atoms with Crippen LogP contribution in [0.25, 0.3) is 0 Å². The SMILES string of the molecule is CC(=O)[C@H](CCN)NC(=O)[C@@H](NC(=O)[C@@H]1C[C@@H](N)CN1C(=O)CC(N)C1CCCCC1)C(C)O. The van der Waals surface area contributed by atoms with Gasteiger partial charge in [-0.1, -0.05) is 19.3 Å². The number of hydrogen-bond acceptors (Lipinski definition) is 8. The van der Waals surface area contributed by atoms with E-state index in [1.807, 2.05) is 0 Å². The molecular weight excluding hydrogens is 440 g/mol. The molecule has 34 heavy (non-hydrogen) atoms. The van der Waals surface area contributed by atoms with Crippen LogP contribution in [0.3, 0.4) is 0 Å². The molecule has 0 radical (unpaired) electrons. The van der Waals surface area contributed by atoms with Crippen molar-refractivity contribution in [3.8, 4) is 0 Å². The van der Waals surface area contributed by atoms with Crippen molar-refractivity contribution < 1.29 is 24.3 Å². The summed E-state index contributed by atoms with van der Waals surface area (Å²) in [5, 5.41) is 15.2. The first-order valence-corrected chi connectivity index (χ1v) is 12.3. The zero-order valence-electron chi connectivity index (χ0n) is 20.4. The Hall–Kier alpha value is -2.08. The van der Waals surface area contributed by atoms with Crippen LogP contribution in [0, 0.1) is 5.92 Å². The van der Waals surface area contributed by atoms with Crippen molar-refractivity contribution in [1.29, 1.82) is 0 Å². The Kier molecular flexibility index (Phi) is 10.9. The molecule has 1 saturated heterocycles. The lowest BCUT2D eigenvalue weighted by Gasteiger charge is -2.31. The third kappa shape index (κ3) is 7.72. The number of likely N-dealkylation sites (tertiary alicyclic amines) is 1. The van der Waals surface area contributed by atoms with Crippen LogP contribution < -0.4 is 27.8 Å². The van der Waals surface area contributed by atoms with Gasteiger partial charge in [-0.15, -0.1) is 0 Å². The molecule has 1 heterocycles. The fraction of sp³-hybridized carbons (Fsp3) is 0.826. The molecule has 3 amide bonds. The molecule has 2 unspecified atom stereocenters. The largest absolute Gasteiger partial charge is 0.391 e. The van der Waals surface area contributed by atoms with Gasteiger partial charge in [0.1, 0.15) is 12.1 Å². The first-order valence-electron chi connectivity index (χ1n) is 12.3. The highest BCUT2D eigenvalue weighted by Gasteiger charge is 2.41. The first kappa shape index (κ1) is 28.2. The minimum atomic E-state index is -1.30. The number of nitrogens with zero attached hydrogens (tertiary/aromatic N) is 1. The summed E-state index contributed by atoms with van der Waals surface area (Å²) in [6.45, 7) is 3.11. The third-order valence-electron chi connectivity index (χ3n) is 6.95. The van der Waals surface area contributed by atoms with Crippen LogP contribution in [0.1, 0.15) is 65.2 Å². The van der Waals surface area contributed by atoms with Gasteiger partial charge in [-0.3, -0.25) is 19.2 Å². The van der Waals surface area contributed by atoms with Gasteiger partial charge in [0.05, 0.1) is 12.1 Å². The molecule has 1 aliphatic carbocycles. The van der Waals surface area contributed by atoms with E-state index < -0.39 is 36.0 Å². The molecule has 1 saturated carbocycles. The molecule has 0 aromatic carbocycles. The summed E-state index contributed by atoms with van der Waals surface area (Å²) >= 11 is 0. The molecule has 2 fully saturated rings. The normalized spacial score (nSPS) is 24.7. The van der Waals surface area contributed by atoms with Crippen LogP contribution in [0.5, 0.6) is 0 Å². The lowest BCUT2D eigenvalue weighted by atomic mass is 9.83. The summed E-state index contributed by atoms with van der Waals surface area (Å²) < 4.78 is 0. The third-order valence-corrected chi connectivity index (χ3v) is 6.95. The van der Waals surface area contributed by atoms with Gasteiger partial charge < -0.3 is 37.8 Å². The molecule has 2 rings (SSSR count). The lowest BCUT2D eigenvalue weighted by Crippen LogP contribution is -2.58. The molecule has 0 spiro atoms. The molecule has 0 aromatic rings. The number of aliphatic hydroxyl groups excluding tert-OH is 1. The molecular formula is C23H42N6O5. The molecule has 9 N–H and O–H groups in total. The fourth-order valence-electron chi connectivity index (χ4n) is 4.90. The monoisotopic (exact) mass is 482 g/mol. The van der Waals surface area contributed by atoms with E-state index >= 15 is 0 Å². The van der Waals surface area contributed by atoms with Crippen molar-refractivity contribution in [2.45, 2.75) is 102 Å². The molecule has 6 atom stereocenters. The van der Waals surface area contributed by atoms with E-state index in [0.717, 1.165) is 25.7 Å². The maximum Gasteiger partial charge on any atom is 0.245 e. The number of nitrogens with one attached hydrogen (secondary N) is 2. The van der Waals surface area contributed by atoms with Crippen LogP contribution in [-0.4, -0.2) is 82.9 Å². The Morgan fingerprint density at radius 2 is 1.76 bits per heavy atom. The van der Waals surface area contributed by atoms with Crippen LogP contribution in [0.15, 0.2) is 0 Å². The Morgan fingerprint density at radius 1 is 1.12 bits per heavy atom. The number of ketones is 1. The summed E-state index contributed by atoms with van der Waals surface area (Å²) in [6.07, 6.45) is 4.83. The summed E-state index contributed by atoms with van der Waals surface area (Å²) in [5.74, 6) is -1.48. The number of hydrogen-bond donors (Lipinski definition) is 6. The van der Waals surface area contributed by atoms with Crippen molar-refractivity contribution in [2.24, 2.45) is 23.1 Å². The maximum atomic E-state index is 13.1. The average Bonchev–Trinajstić information content (AvgIpc) is 3.19. The molecule has 11 heteroatoms. The molecule has 0 aromatic heterocycles.